The third-order valence-corrected chi connectivity index (χ3v) is 3.50. The van der Waals surface area contributed by atoms with Crippen LogP contribution in [0.3, 0.4) is 0 Å². The minimum atomic E-state index is -1.08. The number of hydrogen-bond donors (Lipinski definition) is 2. The molecule has 25 heavy (non-hydrogen) atoms. The van der Waals surface area contributed by atoms with E-state index in [0.29, 0.717) is 16.7 Å². The second-order valence-corrected chi connectivity index (χ2v) is 5.22. The fourth-order valence-electron chi connectivity index (χ4n) is 2.29. The highest BCUT2D eigenvalue weighted by molar-refractivity contribution is 6.02. The van der Waals surface area contributed by atoms with Gasteiger partial charge in [0.1, 0.15) is 11.8 Å². The largest absolute Gasteiger partial charge is 0.478 e. The third kappa shape index (κ3) is 3.64. The van der Waals surface area contributed by atoms with Gasteiger partial charge < -0.3 is 14.8 Å². The van der Waals surface area contributed by atoms with Gasteiger partial charge in [-0.05, 0) is 36.4 Å². The number of carbonyl (C=O) groups excluding carboxylic acids is 1. The van der Waals surface area contributed by atoms with Crippen LogP contribution < -0.4 is 10.7 Å². The van der Waals surface area contributed by atoms with Gasteiger partial charge in [0.2, 0.25) is 5.91 Å². The highest BCUT2D eigenvalue weighted by Crippen LogP contribution is 2.12. The van der Waals surface area contributed by atoms with E-state index in [4.69, 9.17) is 9.52 Å². The molecule has 0 saturated carbocycles. The number of fused-ring (bicyclic) bond motifs is 1. The van der Waals surface area contributed by atoms with Crippen molar-refractivity contribution in [1.29, 1.82) is 0 Å². The topological polar surface area (TPSA) is 96.6 Å². The molecule has 0 unspecified atom stereocenters. The first-order valence-electron chi connectivity index (χ1n) is 7.37. The quantitative estimate of drug-likeness (QED) is 0.714. The summed E-state index contributed by atoms with van der Waals surface area (Å²) in [5, 5.41) is 11.9. The number of hydrogen-bond acceptors (Lipinski definition) is 4. The number of nitrogens with one attached hydrogen (secondary N) is 1. The van der Waals surface area contributed by atoms with E-state index >= 15 is 0 Å². The van der Waals surface area contributed by atoms with E-state index in [1.807, 2.05) is 0 Å². The molecule has 0 aliphatic carbocycles. The molecular formula is C19H13NO5. The van der Waals surface area contributed by atoms with Gasteiger partial charge in [-0.1, -0.05) is 18.2 Å². The summed E-state index contributed by atoms with van der Waals surface area (Å²) >= 11 is 0. The third-order valence-electron chi connectivity index (χ3n) is 3.50. The first-order valence-corrected chi connectivity index (χ1v) is 7.37. The average Bonchev–Trinajstić information content (AvgIpc) is 2.61. The molecule has 3 rings (SSSR count). The van der Waals surface area contributed by atoms with Crippen LogP contribution in [0.15, 0.2) is 70.1 Å². The highest BCUT2D eigenvalue weighted by Gasteiger charge is 2.06. The number of anilines is 1. The van der Waals surface area contributed by atoms with Crippen molar-refractivity contribution in [2.75, 3.05) is 5.32 Å². The van der Waals surface area contributed by atoms with Gasteiger partial charge in [0, 0.05) is 11.8 Å². The molecule has 0 aliphatic heterocycles. The van der Waals surface area contributed by atoms with Crippen LogP contribution in [-0.2, 0) is 4.79 Å². The number of carbonyl (C=O) groups is 2. The van der Waals surface area contributed by atoms with E-state index in [0.717, 1.165) is 0 Å². The second-order valence-electron chi connectivity index (χ2n) is 5.22. The fraction of sp³-hybridized carbons (Fsp3) is 0. The number of benzene rings is 2. The summed E-state index contributed by atoms with van der Waals surface area (Å²) in [6.45, 7) is 0. The maximum atomic E-state index is 12.3. The molecule has 2 N–H and O–H groups in total. The summed E-state index contributed by atoms with van der Waals surface area (Å²) in [7, 11) is 0. The van der Waals surface area contributed by atoms with Crippen LogP contribution in [0.25, 0.3) is 17.0 Å². The van der Waals surface area contributed by atoms with E-state index in [1.54, 1.807) is 30.3 Å². The molecule has 0 saturated heterocycles. The van der Waals surface area contributed by atoms with Crippen LogP contribution in [0.1, 0.15) is 15.9 Å². The van der Waals surface area contributed by atoms with Gasteiger partial charge >= 0.3 is 5.97 Å². The van der Waals surface area contributed by atoms with Crippen LogP contribution in [0.2, 0.25) is 0 Å². The van der Waals surface area contributed by atoms with Crippen LogP contribution in [0.5, 0.6) is 0 Å². The Kier molecular flexibility index (Phi) is 4.43. The van der Waals surface area contributed by atoms with Gasteiger partial charge in [-0.2, -0.15) is 0 Å². The van der Waals surface area contributed by atoms with Gasteiger partial charge in [0.15, 0.2) is 5.43 Å². The van der Waals surface area contributed by atoms with Crippen LogP contribution in [0, 0.1) is 0 Å². The van der Waals surface area contributed by atoms with Crippen molar-refractivity contribution in [3.05, 3.63) is 82.2 Å². The van der Waals surface area contributed by atoms with Crippen molar-refractivity contribution in [2.24, 2.45) is 0 Å². The van der Waals surface area contributed by atoms with Crippen LogP contribution >= 0.6 is 0 Å². The molecule has 1 aromatic heterocycles. The summed E-state index contributed by atoms with van der Waals surface area (Å²) in [6, 6.07) is 12.7. The smallest absolute Gasteiger partial charge is 0.335 e. The maximum Gasteiger partial charge on any atom is 0.335 e. The number of carboxylic acids is 1. The van der Waals surface area contributed by atoms with Crippen molar-refractivity contribution in [3.8, 4) is 0 Å². The number of aromatic carboxylic acids is 1. The number of para-hydroxylation sites is 1. The van der Waals surface area contributed by atoms with E-state index in [-0.39, 0.29) is 16.6 Å². The first kappa shape index (κ1) is 16.2. The molecule has 0 fully saturated rings. The summed E-state index contributed by atoms with van der Waals surface area (Å²) < 4.78 is 5.37. The summed E-state index contributed by atoms with van der Waals surface area (Å²) in [4.78, 5) is 35.2. The molecule has 2 aromatic carbocycles. The van der Waals surface area contributed by atoms with Crippen molar-refractivity contribution < 1.29 is 19.1 Å². The predicted octanol–water partition coefficient (Wildman–Crippen LogP) is 3.14. The van der Waals surface area contributed by atoms with Gasteiger partial charge in [0.25, 0.3) is 0 Å². The molecular weight excluding hydrogens is 322 g/mol. The summed E-state index contributed by atoms with van der Waals surface area (Å²) in [6.07, 6.45) is 3.84. The van der Waals surface area contributed by atoms with Crippen molar-refractivity contribution >= 4 is 34.6 Å². The zero-order valence-electron chi connectivity index (χ0n) is 12.9. The van der Waals surface area contributed by atoms with Crippen LogP contribution in [-0.4, -0.2) is 17.0 Å². The number of amides is 1. The SMILES string of the molecule is O=C(/C=C/c1coc2ccccc2c1=O)Nc1cccc(C(=O)O)c1. The Morgan fingerprint density at radius 1 is 1.08 bits per heavy atom. The maximum absolute atomic E-state index is 12.3. The Bertz CT molecular complexity index is 1050. The molecule has 3 aromatic rings. The summed E-state index contributed by atoms with van der Waals surface area (Å²) in [5.41, 5.74) is 0.892. The van der Waals surface area contributed by atoms with E-state index < -0.39 is 11.9 Å². The zero-order valence-corrected chi connectivity index (χ0v) is 12.9. The van der Waals surface area contributed by atoms with Crippen molar-refractivity contribution in [2.45, 2.75) is 0 Å². The molecule has 0 aliphatic rings. The Hall–Kier alpha value is -3.67. The van der Waals surface area contributed by atoms with Crippen molar-refractivity contribution in [3.63, 3.8) is 0 Å². The van der Waals surface area contributed by atoms with E-state index in [2.05, 4.69) is 5.32 Å². The normalized spacial score (nSPS) is 10.9. The molecule has 124 valence electrons. The monoisotopic (exact) mass is 335 g/mol. The molecule has 0 bridgehead atoms. The lowest BCUT2D eigenvalue weighted by Crippen LogP contribution is -2.10. The Morgan fingerprint density at radius 3 is 2.68 bits per heavy atom. The predicted molar refractivity (Wildman–Crippen MR) is 93.5 cm³/mol. The molecule has 1 heterocycles. The van der Waals surface area contributed by atoms with E-state index in [9.17, 15) is 14.4 Å². The van der Waals surface area contributed by atoms with Gasteiger partial charge in [-0.15, -0.1) is 0 Å². The Balaban J connectivity index is 1.79. The fourth-order valence-corrected chi connectivity index (χ4v) is 2.29. The van der Waals surface area contributed by atoms with Gasteiger partial charge in [0.05, 0.1) is 16.5 Å². The number of rotatable bonds is 4. The lowest BCUT2D eigenvalue weighted by molar-refractivity contribution is -0.111. The summed E-state index contributed by atoms with van der Waals surface area (Å²) in [5.74, 6) is -1.57. The molecule has 0 radical (unpaired) electrons. The van der Waals surface area contributed by atoms with Crippen LogP contribution in [0.4, 0.5) is 5.69 Å². The average molecular weight is 335 g/mol. The Labute approximate surface area is 142 Å². The highest BCUT2D eigenvalue weighted by atomic mass is 16.4. The Morgan fingerprint density at radius 2 is 1.88 bits per heavy atom. The minimum Gasteiger partial charge on any atom is -0.478 e. The lowest BCUT2D eigenvalue weighted by Gasteiger charge is -2.03. The molecule has 0 spiro atoms. The lowest BCUT2D eigenvalue weighted by atomic mass is 10.1. The number of carboxylic acid groups (broad SMARTS) is 1. The van der Waals surface area contributed by atoms with Gasteiger partial charge in [-0.3, -0.25) is 9.59 Å². The zero-order chi connectivity index (χ0) is 17.8. The first-order chi connectivity index (χ1) is 12.0. The second kappa shape index (κ2) is 6.84. The van der Waals surface area contributed by atoms with Gasteiger partial charge in [-0.25, -0.2) is 4.79 Å². The minimum absolute atomic E-state index is 0.0666. The molecule has 6 heteroatoms. The molecule has 1 amide bonds. The molecule has 0 atom stereocenters. The van der Waals surface area contributed by atoms with E-state index in [1.165, 1.54) is 36.6 Å². The standard InChI is InChI=1S/C19H13NO5/c21-17(20-14-5-3-4-12(10-14)19(23)24)9-8-13-11-25-16-7-2-1-6-15(16)18(13)22/h1-11H,(H,20,21)(H,23,24)/b9-8+. The molecule has 6 nitrogen and oxygen atoms in total. The van der Waals surface area contributed by atoms with Crippen molar-refractivity contribution in [1.82, 2.24) is 0 Å².